The zero-order chi connectivity index (χ0) is 15.7. The molecular weight excluding hydrogens is 304 g/mol. The summed E-state index contributed by atoms with van der Waals surface area (Å²) in [6.45, 7) is -0.275. The number of esters is 1. The molecule has 0 spiro atoms. The van der Waals surface area contributed by atoms with Gasteiger partial charge >= 0.3 is 5.97 Å². The summed E-state index contributed by atoms with van der Waals surface area (Å²) in [5, 5.41) is -0.156. The van der Waals surface area contributed by atoms with Gasteiger partial charge in [-0.3, -0.25) is 9.59 Å². The molecule has 0 aromatic heterocycles. The van der Waals surface area contributed by atoms with Crippen molar-refractivity contribution in [2.45, 2.75) is 18.5 Å². The van der Waals surface area contributed by atoms with Crippen molar-refractivity contribution in [3.63, 3.8) is 0 Å². The number of amides is 1. The van der Waals surface area contributed by atoms with Crippen molar-refractivity contribution in [3.05, 3.63) is 34.1 Å². The highest BCUT2D eigenvalue weighted by atomic mass is 35.5. The first-order chi connectivity index (χ1) is 9.86. The molecule has 0 N–H and O–H groups in total. The van der Waals surface area contributed by atoms with Crippen LogP contribution in [0.3, 0.4) is 0 Å². The molecule has 0 radical (unpaired) electrons. The van der Waals surface area contributed by atoms with E-state index in [1.165, 1.54) is 26.3 Å². The molecule has 1 aromatic rings. The fraction of sp³-hybridized carbons (Fsp3) is 0.429. The fourth-order valence-corrected chi connectivity index (χ4v) is 2.28. The number of benzene rings is 1. The Labute approximate surface area is 125 Å². The van der Waals surface area contributed by atoms with Crippen LogP contribution in [-0.4, -0.2) is 43.7 Å². The lowest BCUT2D eigenvalue weighted by Crippen LogP contribution is -2.33. The van der Waals surface area contributed by atoms with Crippen LogP contribution in [0.5, 0.6) is 0 Å². The van der Waals surface area contributed by atoms with E-state index >= 15 is 0 Å². The quantitative estimate of drug-likeness (QED) is 0.802. The first-order valence-electron chi connectivity index (χ1n) is 6.31. The Bertz CT molecular complexity index is 594. The van der Waals surface area contributed by atoms with Gasteiger partial charge in [0.25, 0.3) is 5.91 Å². The molecule has 0 unspecified atom stereocenters. The van der Waals surface area contributed by atoms with Crippen LogP contribution in [0, 0.1) is 5.82 Å². The highest BCUT2D eigenvalue weighted by Crippen LogP contribution is 2.47. The Morgan fingerprint density at radius 1 is 1.48 bits per heavy atom. The monoisotopic (exact) mass is 317 g/mol. The molecular formula is C14H14ClF2NO3. The first kappa shape index (κ1) is 15.7. The standard InChI is InChI=1S/C14H14ClF2NO3/c1-18(6-11(19)21-2)14(20)7-3-4-9(15)13(17)12(7)8-5-10(8)16/h3-4,8,10H,5-6H2,1-2H3/t8-,10-/m1/s1. The molecule has 2 atom stereocenters. The van der Waals surface area contributed by atoms with Crippen molar-refractivity contribution in [2.75, 3.05) is 20.7 Å². The maximum atomic E-state index is 14.1. The van der Waals surface area contributed by atoms with Crippen LogP contribution in [0.4, 0.5) is 8.78 Å². The zero-order valence-electron chi connectivity index (χ0n) is 11.5. The number of ether oxygens (including phenoxy) is 1. The molecule has 1 aromatic carbocycles. The Morgan fingerprint density at radius 3 is 2.62 bits per heavy atom. The Morgan fingerprint density at radius 2 is 2.10 bits per heavy atom. The third-order valence-corrected chi connectivity index (χ3v) is 3.68. The van der Waals surface area contributed by atoms with Crippen LogP contribution in [0.1, 0.15) is 28.3 Å². The van der Waals surface area contributed by atoms with Crippen molar-refractivity contribution in [1.82, 2.24) is 4.90 Å². The van der Waals surface area contributed by atoms with E-state index in [0.717, 1.165) is 4.90 Å². The van der Waals surface area contributed by atoms with Gasteiger partial charge in [0.2, 0.25) is 0 Å². The molecule has 21 heavy (non-hydrogen) atoms. The average molecular weight is 318 g/mol. The topological polar surface area (TPSA) is 46.6 Å². The van der Waals surface area contributed by atoms with Crippen molar-refractivity contribution in [3.8, 4) is 0 Å². The van der Waals surface area contributed by atoms with Crippen molar-refractivity contribution in [1.29, 1.82) is 0 Å². The number of rotatable bonds is 4. The third kappa shape index (κ3) is 3.15. The molecule has 1 amide bonds. The largest absolute Gasteiger partial charge is 0.468 e. The van der Waals surface area contributed by atoms with Gasteiger partial charge in [0, 0.05) is 24.1 Å². The van der Waals surface area contributed by atoms with Crippen LogP contribution in [0.15, 0.2) is 12.1 Å². The predicted octanol–water partition coefficient (Wildman–Crippen LogP) is 2.55. The number of hydrogen-bond acceptors (Lipinski definition) is 3. The summed E-state index contributed by atoms with van der Waals surface area (Å²) in [5.41, 5.74) is 0.00479. The summed E-state index contributed by atoms with van der Waals surface area (Å²) in [5.74, 6) is -2.62. The number of methoxy groups -OCH3 is 1. The highest BCUT2D eigenvalue weighted by Gasteiger charge is 2.43. The number of likely N-dealkylation sites (N-methyl/N-ethyl adjacent to an activating group) is 1. The van der Waals surface area contributed by atoms with E-state index in [4.69, 9.17) is 11.6 Å². The van der Waals surface area contributed by atoms with Crippen LogP contribution >= 0.6 is 11.6 Å². The summed E-state index contributed by atoms with van der Waals surface area (Å²) in [4.78, 5) is 24.6. The second kappa shape index (κ2) is 5.97. The van der Waals surface area contributed by atoms with E-state index in [-0.39, 0.29) is 29.1 Å². The van der Waals surface area contributed by atoms with E-state index < -0.39 is 29.8 Å². The van der Waals surface area contributed by atoms with Gasteiger partial charge in [-0.2, -0.15) is 0 Å². The predicted molar refractivity (Wildman–Crippen MR) is 72.6 cm³/mol. The minimum atomic E-state index is -1.17. The van der Waals surface area contributed by atoms with E-state index in [9.17, 15) is 18.4 Å². The summed E-state index contributed by atoms with van der Waals surface area (Å²) in [6.07, 6.45) is -1.01. The van der Waals surface area contributed by atoms with Gasteiger partial charge in [0.05, 0.1) is 12.1 Å². The minimum absolute atomic E-state index is 0.0169. The van der Waals surface area contributed by atoms with Gasteiger partial charge in [-0.1, -0.05) is 11.6 Å². The molecule has 7 heteroatoms. The van der Waals surface area contributed by atoms with Gasteiger partial charge < -0.3 is 9.64 Å². The van der Waals surface area contributed by atoms with Crippen LogP contribution in [0.2, 0.25) is 5.02 Å². The molecule has 2 rings (SSSR count). The van der Waals surface area contributed by atoms with Gasteiger partial charge in [-0.05, 0) is 18.6 Å². The Balaban J connectivity index is 2.33. The fourth-order valence-electron chi connectivity index (χ4n) is 2.11. The lowest BCUT2D eigenvalue weighted by Gasteiger charge is -2.18. The maximum Gasteiger partial charge on any atom is 0.325 e. The van der Waals surface area contributed by atoms with Gasteiger partial charge in [0.15, 0.2) is 0 Å². The van der Waals surface area contributed by atoms with E-state index in [0.29, 0.717) is 0 Å². The van der Waals surface area contributed by atoms with Crippen LogP contribution in [-0.2, 0) is 9.53 Å². The summed E-state index contributed by atoms with van der Waals surface area (Å²) in [6, 6.07) is 2.59. The van der Waals surface area contributed by atoms with Crippen molar-refractivity contribution >= 4 is 23.5 Å². The number of carbonyl (C=O) groups excluding carboxylic acids is 2. The smallest absolute Gasteiger partial charge is 0.325 e. The SMILES string of the molecule is COC(=O)CN(C)C(=O)c1ccc(Cl)c(F)c1[C@@H]1C[C@H]1F. The van der Waals surface area contributed by atoms with Gasteiger partial charge in [-0.25, -0.2) is 8.78 Å². The molecule has 4 nitrogen and oxygen atoms in total. The molecule has 0 heterocycles. The normalized spacial score (nSPS) is 20.0. The molecule has 0 bridgehead atoms. The van der Waals surface area contributed by atoms with Crippen molar-refractivity contribution < 1.29 is 23.1 Å². The van der Waals surface area contributed by atoms with Gasteiger partial charge in [0.1, 0.15) is 18.5 Å². The third-order valence-electron chi connectivity index (χ3n) is 3.39. The number of nitrogens with zero attached hydrogens (tertiary/aromatic N) is 1. The highest BCUT2D eigenvalue weighted by molar-refractivity contribution is 6.31. The van der Waals surface area contributed by atoms with E-state index in [1.807, 2.05) is 0 Å². The van der Waals surface area contributed by atoms with Gasteiger partial charge in [-0.15, -0.1) is 0 Å². The maximum absolute atomic E-state index is 14.1. The number of carbonyl (C=O) groups is 2. The molecule has 0 saturated heterocycles. The Hall–Kier alpha value is -1.69. The van der Waals surface area contributed by atoms with Crippen LogP contribution in [0.25, 0.3) is 0 Å². The average Bonchev–Trinajstić information content (AvgIpc) is 3.17. The first-order valence-corrected chi connectivity index (χ1v) is 6.68. The Kier molecular flexibility index (Phi) is 4.46. The van der Waals surface area contributed by atoms with E-state index in [2.05, 4.69) is 4.74 Å². The molecule has 114 valence electrons. The second-order valence-electron chi connectivity index (χ2n) is 4.92. The number of alkyl halides is 1. The summed E-state index contributed by atoms with van der Waals surface area (Å²) >= 11 is 5.70. The minimum Gasteiger partial charge on any atom is -0.468 e. The number of hydrogen-bond donors (Lipinski definition) is 0. The lowest BCUT2D eigenvalue weighted by atomic mass is 10.0. The second-order valence-corrected chi connectivity index (χ2v) is 5.33. The number of halogens is 3. The molecule has 1 saturated carbocycles. The van der Waals surface area contributed by atoms with E-state index in [1.54, 1.807) is 0 Å². The molecule has 1 fully saturated rings. The zero-order valence-corrected chi connectivity index (χ0v) is 12.3. The van der Waals surface area contributed by atoms with Crippen molar-refractivity contribution in [2.24, 2.45) is 0 Å². The molecule has 0 aliphatic heterocycles. The lowest BCUT2D eigenvalue weighted by molar-refractivity contribution is -0.141. The van der Waals surface area contributed by atoms with Crippen LogP contribution < -0.4 is 0 Å². The molecule has 1 aliphatic carbocycles. The molecule has 1 aliphatic rings. The summed E-state index contributed by atoms with van der Waals surface area (Å²) < 4.78 is 31.9. The summed E-state index contributed by atoms with van der Waals surface area (Å²) in [7, 11) is 2.58.